The number of thiophene rings is 1. The van der Waals surface area contributed by atoms with E-state index in [4.69, 9.17) is 4.74 Å². The van der Waals surface area contributed by atoms with Crippen LogP contribution in [0, 0.1) is 0 Å². The molecular weight excluding hydrogens is 318 g/mol. The Morgan fingerprint density at radius 1 is 1.41 bits per heavy atom. The first-order chi connectivity index (χ1) is 10.8. The lowest BCUT2D eigenvalue weighted by molar-refractivity contribution is -0.124. The molecule has 7 heteroatoms. The Bertz CT molecular complexity index is 566. The molecule has 1 aliphatic rings. The van der Waals surface area contributed by atoms with E-state index < -0.39 is 0 Å². The molecule has 0 spiro atoms. The van der Waals surface area contributed by atoms with E-state index in [1.807, 2.05) is 5.38 Å². The van der Waals surface area contributed by atoms with Gasteiger partial charge in [0.05, 0.1) is 25.8 Å². The van der Waals surface area contributed by atoms with E-state index in [0.717, 1.165) is 24.5 Å². The maximum Gasteiger partial charge on any atom is 0.234 e. The van der Waals surface area contributed by atoms with Crippen LogP contribution in [0.25, 0.3) is 0 Å². The Kier molecular flexibility index (Phi) is 5.55. The zero-order valence-corrected chi connectivity index (χ0v) is 13.9. The predicted octanol–water partition coefficient (Wildman–Crippen LogP) is 1.94. The summed E-state index contributed by atoms with van der Waals surface area (Å²) in [5.41, 5.74) is 1.23. The van der Waals surface area contributed by atoms with Crippen molar-refractivity contribution < 1.29 is 9.53 Å². The standard InChI is InChI=1S/C15H19N3O2S2/c19-14(10-18-3-5-20-6-4-18)17-13(15-16-2-8-22-15)9-12-1-7-21-11-12/h1-2,7-8,11,13H,3-6,9-10H2,(H,17,19). The minimum atomic E-state index is -0.0526. The van der Waals surface area contributed by atoms with Gasteiger partial charge in [-0.25, -0.2) is 4.98 Å². The molecule has 0 aromatic carbocycles. The summed E-state index contributed by atoms with van der Waals surface area (Å²) >= 11 is 3.26. The van der Waals surface area contributed by atoms with Crippen LogP contribution in [-0.4, -0.2) is 48.6 Å². The number of carbonyl (C=O) groups excluding carboxylic acids is 1. The second kappa shape index (κ2) is 7.82. The van der Waals surface area contributed by atoms with Crippen molar-refractivity contribution in [2.75, 3.05) is 32.8 Å². The van der Waals surface area contributed by atoms with Crippen molar-refractivity contribution in [2.45, 2.75) is 12.5 Å². The first-order valence-electron chi connectivity index (χ1n) is 7.31. The van der Waals surface area contributed by atoms with Crippen molar-refractivity contribution in [2.24, 2.45) is 0 Å². The molecule has 1 unspecified atom stereocenters. The molecule has 2 aromatic heterocycles. The van der Waals surface area contributed by atoms with Gasteiger partial charge < -0.3 is 10.1 Å². The van der Waals surface area contributed by atoms with Gasteiger partial charge >= 0.3 is 0 Å². The second-order valence-corrected chi connectivity index (χ2v) is 6.92. The van der Waals surface area contributed by atoms with Crippen LogP contribution in [0.2, 0.25) is 0 Å². The highest BCUT2D eigenvalue weighted by atomic mass is 32.1. The van der Waals surface area contributed by atoms with Crippen molar-refractivity contribution in [1.82, 2.24) is 15.2 Å². The molecule has 1 amide bonds. The minimum Gasteiger partial charge on any atom is -0.379 e. The van der Waals surface area contributed by atoms with Crippen molar-refractivity contribution in [1.29, 1.82) is 0 Å². The Morgan fingerprint density at radius 2 is 2.27 bits per heavy atom. The lowest BCUT2D eigenvalue weighted by Gasteiger charge is -2.26. The van der Waals surface area contributed by atoms with Crippen molar-refractivity contribution in [3.05, 3.63) is 39.0 Å². The monoisotopic (exact) mass is 337 g/mol. The summed E-state index contributed by atoms with van der Waals surface area (Å²) in [5.74, 6) is 0.0531. The van der Waals surface area contributed by atoms with E-state index in [9.17, 15) is 4.79 Å². The van der Waals surface area contributed by atoms with Gasteiger partial charge in [-0.2, -0.15) is 11.3 Å². The number of hydrogen-bond acceptors (Lipinski definition) is 6. The summed E-state index contributed by atoms with van der Waals surface area (Å²) in [4.78, 5) is 18.8. The van der Waals surface area contributed by atoms with Crippen LogP contribution in [-0.2, 0) is 16.0 Å². The number of thiazole rings is 1. The molecule has 3 rings (SSSR count). The summed E-state index contributed by atoms with van der Waals surface area (Å²) in [5, 5.41) is 10.2. The highest BCUT2D eigenvalue weighted by molar-refractivity contribution is 7.09. The van der Waals surface area contributed by atoms with Gasteiger partial charge in [-0.3, -0.25) is 9.69 Å². The van der Waals surface area contributed by atoms with Crippen LogP contribution < -0.4 is 5.32 Å². The van der Waals surface area contributed by atoms with Crippen LogP contribution >= 0.6 is 22.7 Å². The lowest BCUT2D eigenvalue weighted by Crippen LogP contribution is -2.44. The van der Waals surface area contributed by atoms with E-state index in [1.54, 1.807) is 28.9 Å². The summed E-state index contributed by atoms with van der Waals surface area (Å²) in [6.45, 7) is 3.48. The number of morpholine rings is 1. The largest absolute Gasteiger partial charge is 0.379 e. The predicted molar refractivity (Wildman–Crippen MR) is 88.3 cm³/mol. The number of ether oxygens (including phenoxy) is 1. The van der Waals surface area contributed by atoms with E-state index >= 15 is 0 Å². The van der Waals surface area contributed by atoms with E-state index in [2.05, 4.69) is 32.0 Å². The maximum absolute atomic E-state index is 12.3. The molecule has 2 aromatic rings. The number of nitrogens with zero attached hydrogens (tertiary/aromatic N) is 2. The second-order valence-electron chi connectivity index (χ2n) is 5.21. The molecular formula is C15H19N3O2S2. The third-order valence-corrected chi connectivity index (χ3v) is 5.20. The average Bonchev–Trinajstić information content (AvgIpc) is 3.21. The van der Waals surface area contributed by atoms with Crippen LogP contribution in [0.3, 0.4) is 0 Å². The van der Waals surface area contributed by atoms with Gasteiger partial charge in [-0.15, -0.1) is 11.3 Å². The number of carbonyl (C=O) groups is 1. The van der Waals surface area contributed by atoms with Crippen LogP contribution in [0.5, 0.6) is 0 Å². The molecule has 0 bridgehead atoms. The van der Waals surface area contributed by atoms with Gasteiger partial charge in [0.15, 0.2) is 0 Å². The smallest absolute Gasteiger partial charge is 0.234 e. The van der Waals surface area contributed by atoms with E-state index in [1.165, 1.54) is 5.56 Å². The fraction of sp³-hybridized carbons (Fsp3) is 0.467. The van der Waals surface area contributed by atoms with E-state index in [-0.39, 0.29) is 11.9 Å². The zero-order valence-electron chi connectivity index (χ0n) is 12.2. The Morgan fingerprint density at radius 3 is 2.95 bits per heavy atom. The van der Waals surface area contributed by atoms with Gasteiger partial charge in [0.2, 0.25) is 5.91 Å². The lowest BCUT2D eigenvalue weighted by atomic mass is 10.1. The maximum atomic E-state index is 12.3. The van der Waals surface area contributed by atoms with Crippen molar-refractivity contribution >= 4 is 28.6 Å². The fourth-order valence-corrected chi connectivity index (χ4v) is 3.82. The molecule has 0 aliphatic carbocycles. The van der Waals surface area contributed by atoms with Gasteiger partial charge in [0.25, 0.3) is 0 Å². The van der Waals surface area contributed by atoms with Crippen LogP contribution in [0.4, 0.5) is 0 Å². The van der Waals surface area contributed by atoms with Gasteiger partial charge in [0, 0.05) is 31.1 Å². The molecule has 1 atom stereocenters. The normalized spacial score (nSPS) is 17.3. The third-order valence-electron chi connectivity index (χ3n) is 3.58. The molecule has 1 aliphatic heterocycles. The molecule has 1 fully saturated rings. The Balaban J connectivity index is 1.60. The summed E-state index contributed by atoms with van der Waals surface area (Å²) in [6.07, 6.45) is 2.57. The minimum absolute atomic E-state index is 0.0526. The molecule has 3 heterocycles. The fourth-order valence-electron chi connectivity index (χ4n) is 2.45. The SMILES string of the molecule is O=C(CN1CCOCC1)NC(Cc1ccsc1)c1nccs1. The molecule has 1 saturated heterocycles. The number of aromatic nitrogens is 1. The molecule has 0 saturated carbocycles. The number of nitrogens with one attached hydrogen (secondary N) is 1. The highest BCUT2D eigenvalue weighted by Gasteiger charge is 2.20. The molecule has 118 valence electrons. The Hall–Kier alpha value is -1.28. The van der Waals surface area contributed by atoms with Crippen LogP contribution in [0.1, 0.15) is 16.6 Å². The quantitative estimate of drug-likeness (QED) is 0.875. The number of hydrogen-bond donors (Lipinski definition) is 1. The first-order valence-corrected chi connectivity index (χ1v) is 9.13. The summed E-state index contributed by atoms with van der Waals surface area (Å²) < 4.78 is 5.31. The Labute approximate surface area is 137 Å². The van der Waals surface area contributed by atoms with Crippen molar-refractivity contribution in [3.8, 4) is 0 Å². The van der Waals surface area contributed by atoms with Gasteiger partial charge in [-0.1, -0.05) is 0 Å². The zero-order chi connectivity index (χ0) is 15.2. The third kappa shape index (κ3) is 4.36. The number of amides is 1. The highest BCUT2D eigenvalue weighted by Crippen LogP contribution is 2.21. The molecule has 0 radical (unpaired) electrons. The topological polar surface area (TPSA) is 54.5 Å². The molecule has 5 nitrogen and oxygen atoms in total. The molecule has 22 heavy (non-hydrogen) atoms. The van der Waals surface area contributed by atoms with Crippen LogP contribution in [0.15, 0.2) is 28.4 Å². The number of rotatable bonds is 6. The summed E-state index contributed by atoms with van der Waals surface area (Å²) in [6, 6.07) is 2.04. The van der Waals surface area contributed by atoms with Gasteiger partial charge in [0.1, 0.15) is 5.01 Å². The van der Waals surface area contributed by atoms with Crippen molar-refractivity contribution in [3.63, 3.8) is 0 Å². The summed E-state index contributed by atoms with van der Waals surface area (Å²) in [7, 11) is 0. The van der Waals surface area contributed by atoms with Gasteiger partial charge in [-0.05, 0) is 22.4 Å². The average molecular weight is 337 g/mol. The van der Waals surface area contributed by atoms with E-state index in [0.29, 0.717) is 19.8 Å². The first kappa shape index (κ1) is 15.6. The molecule has 1 N–H and O–H groups in total.